The van der Waals surface area contributed by atoms with E-state index in [1.54, 1.807) is 0 Å². The molecule has 2 nitrogen and oxygen atoms in total. The van der Waals surface area contributed by atoms with Gasteiger partial charge in [0, 0.05) is 6.42 Å². The van der Waals surface area contributed by atoms with E-state index in [2.05, 4.69) is 5.32 Å². The summed E-state index contributed by atoms with van der Waals surface area (Å²) in [5.74, 6) is 0. The largest absolute Gasteiger partial charge is 0.389 e. The van der Waals surface area contributed by atoms with Crippen LogP contribution in [0.25, 0.3) is 0 Å². The van der Waals surface area contributed by atoms with Gasteiger partial charge >= 0.3 is 6.18 Å². The summed E-state index contributed by atoms with van der Waals surface area (Å²) in [6.45, 7) is 2.06. The second-order valence-electron chi connectivity index (χ2n) is 2.96. The van der Waals surface area contributed by atoms with Gasteiger partial charge in [0.05, 0.1) is 0 Å². The van der Waals surface area contributed by atoms with Crippen LogP contribution in [0.5, 0.6) is 0 Å². The number of halogens is 3. The van der Waals surface area contributed by atoms with Gasteiger partial charge in [-0.15, -0.1) is 0 Å². The maximum Gasteiger partial charge on any atom is 0.389 e. The van der Waals surface area contributed by atoms with Gasteiger partial charge in [-0.25, -0.2) is 0 Å². The van der Waals surface area contributed by atoms with E-state index in [9.17, 15) is 13.2 Å². The molecule has 0 amide bonds. The summed E-state index contributed by atoms with van der Waals surface area (Å²) in [5, 5.41) is 3.03. The number of hydrogen-bond acceptors (Lipinski definition) is 2. The molecule has 0 rings (SSSR count). The Kier molecular flexibility index (Phi) is 6.99. The molecule has 0 aromatic heterocycles. The normalized spacial score (nSPS) is 12.0. The van der Waals surface area contributed by atoms with Gasteiger partial charge in [0.1, 0.15) is 0 Å². The molecule has 0 atom stereocenters. The van der Waals surface area contributed by atoms with E-state index in [1.165, 1.54) is 0 Å². The summed E-state index contributed by atoms with van der Waals surface area (Å²) in [5.41, 5.74) is 5.24. The van der Waals surface area contributed by atoms with Crippen LogP contribution >= 0.6 is 0 Å². The maximum atomic E-state index is 11.6. The molecule has 0 aliphatic rings. The first-order chi connectivity index (χ1) is 6.06. The van der Waals surface area contributed by atoms with E-state index in [4.69, 9.17) is 5.73 Å². The molecule has 0 fully saturated rings. The monoisotopic (exact) mass is 198 g/mol. The molecule has 13 heavy (non-hydrogen) atoms. The number of alkyl halides is 3. The molecule has 5 heteroatoms. The van der Waals surface area contributed by atoms with Crippen LogP contribution in [0, 0.1) is 0 Å². The van der Waals surface area contributed by atoms with Crippen LogP contribution in [0.1, 0.15) is 25.7 Å². The van der Waals surface area contributed by atoms with Crippen LogP contribution in [0.3, 0.4) is 0 Å². The predicted molar refractivity (Wildman–Crippen MR) is 46.4 cm³/mol. The molecule has 0 aliphatic carbocycles. The standard InChI is InChI=1S/C8H17F3N2/c9-8(10,11)4-1-2-6-13-7-3-5-12/h13H,1-7,12H2. The molecular formula is C8H17F3N2. The van der Waals surface area contributed by atoms with Crippen molar-refractivity contribution in [2.45, 2.75) is 31.9 Å². The number of rotatable bonds is 7. The molecule has 0 spiro atoms. The quantitative estimate of drug-likeness (QED) is 0.610. The summed E-state index contributed by atoms with van der Waals surface area (Å²) in [7, 11) is 0. The van der Waals surface area contributed by atoms with E-state index in [0.717, 1.165) is 13.0 Å². The summed E-state index contributed by atoms with van der Waals surface area (Å²) in [6, 6.07) is 0. The Morgan fingerprint density at radius 3 is 2.15 bits per heavy atom. The van der Waals surface area contributed by atoms with Gasteiger partial charge in [-0.2, -0.15) is 13.2 Å². The molecular weight excluding hydrogens is 181 g/mol. The Morgan fingerprint density at radius 2 is 1.62 bits per heavy atom. The van der Waals surface area contributed by atoms with Gasteiger partial charge in [-0.3, -0.25) is 0 Å². The molecule has 3 N–H and O–H groups in total. The van der Waals surface area contributed by atoms with Gasteiger partial charge in [-0.1, -0.05) is 0 Å². The highest BCUT2D eigenvalue weighted by Gasteiger charge is 2.25. The molecule has 0 aliphatic heterocycles. The van der Waals surface area contributed by atoms with Crippen LogP contribution in [0.15, 0.2) is 0 Å². The first kappa shape index (κ1) is 12.7. The van der Waals surface area contributed by atoms with E-state index < -0.39 is 12.6 Å². The van der Waals surface area contributed by atoms with Crippen LogP contribution in [-0.4, -0.2) is 25.8 Å². The Hall–Kier alpha value is -0.290. The van der Waals surface area contributed by atoms with Crippen molar-refractivity contribution in [2.75, 3.05) is 19.6 Å². The summed E-state index contributed by atoms with van der Waals surface area (Å²) < 4.78 is 34.9. The van der Waals surface area contributed by atoms with Crippen molar-refractivity contribution >= 4 is 0 Å². The van der Waals surface area contributed by atoms with E-state index in [-0.39, 0.29) is 6.42 Å². The smallest absolute Gasteiger partial charge is 0.330 e. The Bertz CT molecular complexity index is 114. The highest BCUT2D eigenvalue weighted by atomic mass is 19.4. The molecule has 0 aromatic rings. The second-order valence-corrected chi connectivity index (χ2v) is 2.96. The summed E-state index contributed by atoms with van der Waals surface area (Å²) in [6.07, 6.45) is -3.02. The molecule has 80 valence electrons. The van der Waals surface area contributed by atoms with Crippen molar-refractivity contribution in [3.8, 4) is 0 Å². The third-order valence-corrected chi connectivity index (χ3v) is 1.62. The molecule has 0 heterocycles. The Balaban J connectivity index is 3.00. The zero-order chi connectivity index (χ0) is 10.2. The number of hydrogen-bond donors (Lipinski definition) is 2. The van der Waals surface area contributed by atoms with Crippen LogP contribution in [-0.2, 0) is 0 Å². The molecule has 0 radical (unpaired) electrons. The van der Waals surface area contributed by atoms with Crippen LogP contribution in [0.2, 0.25) is 0 Å². The lowest BCUT2D eigenvalue weighted by Gasteiger charge is -2.06. The third-order valence-electron chi connectivity index (χ3n) is 1.62. The summed E-state index contributed by atoms with van der Waals surface area (Å²) >= 11 is 0. The molecule has 0 saturated heterocycles. The van der Waals surface area contributed by atoms with Crippen molar-refractivity contribution in [3.63, 3.8) is 0 Å². The van der Waals surface area contributed by atoms with Crippen molar-refractivity contribution in [1.82, 2.24) is 5.32 Å². The lowest BCUT2D eigenvalue weighted by atomic mass is 10.2. The minimum Gasteiger partial charge on any atom is -0.330 e. The zero-order valence-corrected chi connectivity index (χ0v) is 7.66. The Morgan fingerprint density at radius 1 is 1.00 bits per heavy atom. The lowest BCUT2D eigenvalue weighted by molar-refractivity contribution is -0.135. The minimum atomic E-state index is -4.00. The predicted octanol–water partition coefficient (Wildman–Crippen LogP) is 1.66. The van der Waals surface area contributed by atoms with Gasteiger partial charge in [0.25, 0.3) is 0 Å². The fraction of sp³-hybridized carbons (Fsp3) is 1.00. The molecule has 0 aromatic carbocycles. The average Bonchev–Trinajstić information content (AvgIpc) is 2.01. The fourth-order valence-electron chi connectivity index (χ4n) is 0.928. The van der Waals surface area contributed by atoms with Gasteiger partial charge in [-0.05, 0) is 38.9 Å². The van der Waals surface area contributed by atoms with E-state index in [1.807, 2.05) is 0 Å². The van der Waals surface area contributed by atoms with Crippen molar-refractivity contribution < 1.29 is 13.2 Å². The number of nitrogens with two attached hydrogens (primary N) is 1. The maximum absolute atomic E-state index is 11.6. The van der Waals surface area contributed by atoms with Gasteiger partial charge in [0.15, 0.2) is 0 Å². The van der Waals surface area contributed by atoms with E-state index >= 15 is 0 Å². The first-order valence-corrected chi connectivity index (χ1v) is 4.54. The van der Waals surface area contributed by atoms with Crippen molar-refractivity contribution in [2.24, 2.45) is 5.73 Å². The van der Waals surface area contributed by atoms with Crippen LogP contribution in [0.4, 0.5) is 13.2 Å². The van der Waals surface area contributed by atoms with E-state index in [0.29, 0.717) is 19.5 Å². The highest BCUT2D eigenvalue weighted by Crippen LogP contribution is 2.21. The average molecular weight is 198 g/mol. The van der Waals surface area contributed by atoms with Gasteiger partial charge < -0.3 is 11.1 Å². The topological polar surface area (TPSA) is 38.0 Å². The zero-order valence-electron chi connectivity index (χ0n) is 7.66. The highest BCUT2D eigenvalue weighted by molar-refractivity contribution is 4.53. The number of nitrogens with one attached hydrogen (secondary N) is 1. The first-order valence-electron chi connectivity index (χ1n) is 4.54. The van der Waals surface area contributed by atoms with Crippen molar-refractivity contribution in [3.05, 3.63) is 0 Å². The molecule has 0 unspecified atom stereocenters. The van der Waals surface area contributed by atoms with Crippen LogP contribution < -0.4 is 11.1 Å². The Labute approximate surface area is 76.7 Å². The lowest BCUT2D eigenvalue weighted by Crippen LogP contribution is -2.19. The van der Waals surface area contributed by atoms with Crippen molar-refractivity contribution in [1.29, 1.82) is 0 Å². The SMILES string of the molecule is NCCCNCCCCC(F)(F)F. The fourth-order valence-corrected chi connectivity index (χ4v) is 0.928. The minimum absolute atomic E-state index is 0.207. The molecule has 0 bridgehead atoms. The number of unbranched alkanes of at least 4 members (excludes halogenated alkanes) is 1. The molecule has 0 saturated carbocycles. The second kappa shape index (κ2) is 7.15. The van der Waals surface area contributed by atoms with Gasteiger partial charge in [0.2, 0.25) is 0 Å². The summed E-state index contributed by atoms with van der Waals surface area (Å²) in [4.78, 5) is 0. The third kappa shape index (κ3) is 11.7.